The summed E-state index contributed by atoms with van der Waals surface area (Å²) in [6.45, 7) is 7.91. The molecule has 2 nitrogen and oxygen atoms in total. The number of ether oxygens (including phenoxy) is 1. The van der Waals surface area contributed by atoms with Crippen LogP contribution < -0.4 is 5.32 Å². The maximum absolute atomic E-state index is 5.89. The molecule has 2 rings (SSSR count). The summed E-state index contributed by atoms with van der Waals surface area (Å²) in [7, 11) is 0. The topological polar surface area (TPSA) is 21.3 Å². The standard InChI is InChI=1S/C11H21NOS/c1-7-5-12-10-4-8(2)13-9(3)11(10)14-6-7/h7-12H,4-6H2,1-3H3. The van der Waals surface area contributed by atoms with Crippen LogP contribution in [0.1, 0.15) is 27.2 Å². The normalized spacial score (nSPS) is 49.5. The van der Waals surface area contributed by atoms with Gasteiger partial charge in [-0.3, -0.25) is 0 Å². The lowest BCUT2D eigenvalue weighted by molar-refractivity contribution is -0.0368. The van der Waals surface area contributed by atoms with Gasteiger partial charge in [-0.2, -0.15) is 11.8 Å². The van der Waals surface area contributed by atoms with Gasteiger partial charge in [0, 0.05) is 11.3 Å². The Labute approximate surface area is 91.2 Å². The SMILES string of the molecule is CC1CNC2CC(C)OC(C)C2SC1. The minimum absolute atomic E-state index is 0.409. The first-order chi connectivity index (χ1) is 6.66. The van der Waals surface area contributed by atoms with Crippen molar-refractivity contribution < 1.29 is 4.74 Å². The third-order valence-corrected chi connectivity index (χ3v) is 5.05. The second-order valence-electron chi connectivity index (χ2n) is 4.81. The van der Waals surface area contributed by atoms with E-state index in [1.807, 2.05) is 0 Å². The first-order valence-corrected chi connectivity index (χ1v) is 6.72. The van der Waals surface area contributed by atoms with Crippen molar-refractivity contribution in [3.8, 4) is 0 Å². The Morgan fingerprint density at radius 2 is 2.07 bits per heavy atom. The van der Waals surface area contributed by atoms with E-state index >= 15 is 0 Å². The van der Waals surface area contributed by atoms with E-state index in [0.29, 0.717) is 23.5 Å². The van der Waals surface area contributed by atoms with Crippen molar-refractivity contribution in [1.82, 2.24) is 5.32 Å². The molecule has 0 spiro atoms. The predicted octanol–water partition coefficient (Wildman–Crippen LogP) is 1.89. The molecule has 2 aliphatic rings. The molecule has 0 saturated carbocycles. The maximum Gasteiger partial charge on any atom is 0.0684 e. The average molecular weight is 215 g/mol. The molecular formula is C11H21NOS. The van der Waals surface area contributed by atoms with Crippen LogP contribution in [0.25, 0.3) is 0 Å². The van der Waals surface area contributed by atoms with Gasteiger partial charge in [0.25, 0.3) is 0 Å². The van der Waals surface area contributed by atoms with Gasteiger partial charge < -0.3 is 10.1 Å². The van der Waals surface area contributed by atoms with Gasteiger partial charge in [-0.25, -0.2) is 0 Å². The zero-order chi connectivity index (χ0) is 10.1. The molecule has 0 bridgehead atoms. The Balaban J connectivity index is 2.03. The quantitative estimate of drug-likeness (QED) is 0.667. The highest BCUT2D eigenvalue weighted by Gasteiger charge is 2.36. The van der Waals surface area contributed by atoms with Gasteiger partial charge in [0.2, 0.25) is 0 Å². The van der Waals surface area contributed by atoms with Gasteiger partial charge in [0.05, 0.1) is 12.2 Å². The summed E-state index contributed by atoms with van der Waals surface area (Å²) >= 11 is 2.10. The number of nitrogens with one attached hydrogen (secondary N) is 1. The van der Waals surface area contributed by atoms with Crippen LogP contribution in [0.3, 0.4) is 0 Å². The first kappa shape index (κ1) is 10.8. The molecule has 2 heterocycles. The number of fused-ring (bicyclic) bond motifs is 1. The van der Waals surface area contributed by atoms with Gasteiger partial charge >= 0.3 is 0 Å². The third-order valence-electron chi connectivity index (χ3n) is 3.19. The molecule has 2 saturated heterocycles. The molecule has 5 unspecified atom stereocenters. The lowest BCUT2D eigenvalue weighted by Gasteiger charge is -2.38. The van der Waals surface area contributed by atoms with Gasteiger partial charge in [-0.15, -0.1) is 0 Å². The predicted molar refractivity (Wildman–Crippen MR) is 61.8 cm³/mol. The van der Waals surface area contributed by atoms with Crippen molar-refractivity contribution in [1.29, 1.82) is 0 Å². The molecular weight excluding hydrogens is 194 g/mol. The molecule has 82 valence electrons. The fourth-order valence-electron chi connectivity index (χ4n) is 2.46. The smallest absolute Gasteiger partial charge is 0.0684 e. The van der Waals surface area contributed by atoms with Gasteiger partial charge in [-0.05, 0) is 38.5 Å². The summed E-state index contributed by atoms with van der Waals surface area (Å²) in [5, 5.41) is 4.36. The van der Waals surface area contributed by atoms with Crippen LogP contribution >= 0.6 is 11.8 Å². The van der Waals surface area contributed by atoms with Crippen molar-refractivity contribution in [2.45, 2.75) is 50.7 Å². The van der Waals surface area contributed by atoms with Crippen LogP contribution in [0.4, 0.5) is 0 Å². The van der Waals surface area contributed by atoms with Crippen LogP contribution in [0, 0.1) is 5.92 Å². The van der Waals surface area contributed by atoms with Crippen molar-refractivity contribution >= 4 is 11.8 Å². The summed E-state index contributed by atoms with van der Waals surface area (Å²) in [6, 6.07) is 0.670. The van der Waals surface area contributed by atoms with Crippen molar-refractivity contribution in [2.75, 3.05) is 12.3 Å². The van der Waals surface area contributed by atoms with E-state index in [2.05, 4.69) is 37.8 Å². The van der Waals surface area contributed by atoms with Gasteiger partial charge in [0.15, 0.2) is 0 Å². The van der Waals surface area contributed by atoms with E-state index in [1.165, 1.54) is 18.7 Å². The molecule has 1 N–H and O–H groups in total. The molecule has 5 atom stereocenters. The monoisotopic (exact) mass is 215 g/mol. The number of rotatable bonds is 0. The van der Waals surface area contributed by atoms with Crippen LogP contribution in [-0.4, -0.2) is 35.8 Å². The molecule has 0 radical (unpaired) electrons. The van der Waals surface area contributed by atoms with E-state index in [1.54, 1.807) is 0 Å². The Hall–Kier alpha value is 0.270. The third kappa shape index (κ3) is 2.26. The van der Waals surface area contributed by atoms with Gasteiger partial charge in [-0.1, -0.05) is 6.92 Å². The van der Waals surface area contributed by atoms with Crippen LogP contribution in [-0.2, 0) is 4.74 Å². The molecule has 3 heteroatoms. The molecule has 0 aliphatic carbocycles. The number of hydrogen-bond acceptors (Lipinski definition) is 3. The fourth-order valence-corrected chi connectivity index (χ4v) is 3.90. The zero-order valence-corrected chi connectivity index (χ0v) is 10.1. The largest absolute Gasteiger partial charge is 0.374 e. The molecule has 2 aliphatic heterocycles. The summed E-state index contributed by atoms with van der Waals surface area (Å²) in [4.78, 5) is 0. The lowest BCUT2D eigenvalue weighted by atomic mass is 9.99. The second-order valence-corrected chi connectivity index (χ2v) is 6.02. The first-order valence-electron chi connectivity index (χ1n) is 5.67. The maximum atomic E-state index is 5.89. The van der Waals surface area contributed by atoms with E-state index < -0.39 is 0 Å². The molecule has 0 amide bonds. The molecule has 0 aromatic rings. The molecule has 2 fully saturated rings. The van der Waals surface area contributed by atoms with Crippen LogP contribution in [0.2, 0.25) is 0 Å². The highest BCUT2D eigenvalue weighted by Crippen LogP contribution is 2.32. The molecule has 0 aromatic carbocycles. The Morgan fingerprint density at radius 1 is 1.29 bits per heavy atom. The van der Waals surface area contributed by atoms with Crippen LogP contribution in [0.15, 0.2) is 0 Å². The fraction of sp³-hybridized carbons (Fsp3) is 1.00. The van der Waals surface area contributed by atoms with Gasteiger partial charge in [0.1, 0.15) is 0 Å². The molecule has 0 aromatic heterocycles. The zero-order valence-electron chi connectivity index (χ0n) is 9.32. The second kappa shape index (κ2) is 4.42. The van der Waals surface area contributed by atoms with Crippen molar-refractivity contribution in [2.24, 2.45) is 5.92 Å². The number of hydrogen-bond donors (Lipinski definition) is 1. The Bertz CT molecular complexity index is 200. The molecule has 14 heavy (non-hydrogen) atoms. The van der Waals surface area contributed by atoms with E-state index in [0.717, 1.165) is 5.92 Å². The highest BCUT2D eigenvalue weighted by molar-refractivity contribution is 8.00. The van der Waals surface area contributed by atoms with E-state index in [4.69, 9.17) is 4.74 Å². The summed E-state index contributed by atoms with van der Waals surface area (Å²) in [6.07, 6.45) is 2.01. The Morgan fingerprint density at radius 3 is 2.86 bits per heavy atom. The van der Waals surface area contributed by atoms with Crippen molar-refractivity contribution in [3.63, 3.8) is 0 Å². The van der Waals surface area contributed by atoms with E-state index in [-0.39, 0.29) is 0 Å². The summed E-state index contributed by atoms with van der Waals surface area (Å²) < 4.78 is 5.89. The minimum atomic E-state index is 0.409. The average Bonchev–Trinajstić information content (AvgIpc) is 2.28. The Kier molecular flexibility index (Phi) is 3.40. The van der Waals surface area contributed by atoms with Crippen molar-refractivity contribution in [3.05, 3.63) is 0 Å². The van der Waals surface area contributed by atoms with E-state index in [9.17, 15) is 0 Å². The van der Waals surface area contributed by atoms with Crippen LogP contribution in [0.5, 0.6) is 0 Å². The summed E-state index contributed by atoms with van der Waals surface area (Å²) in [5.74, 6) is 2.07. The lowest BCUT2D eigenvalue weighted by Crippen LogP contribution is -2.50. The summed E-state index contributed by atoms with van der Waals surface area (Å²) in [5.41, 5.74) is 0. The highest BCUT2D eigenvalue weighted by atomic mass is 32.2. The minimum Gasteiger partial charge on any atom is -0.374 e. The number of thioether (sulfide) groups is 1.